The molecule has 2 amide bonds. The van der Waals surface area contributed by atoms with E-state index in [2.05, 4.69) is 5.32 Å². The highest BCUT2D eigenvalue weighted by atomic mass is 16.5. The number of furan rings is 1. The van der Waals surface area contributed by atoms with Crippen LogP contribution in [0.3, 0.4) is 0 Å². The molecular weight excluding hydrogens is 320 g/mol. The summed E-state index contributed by atoms with van der Waals surface area (Å²) >= 11 is 0. The summed E-state index contributed by atoms with van der Waals surface area (Å²) in [5.41, 5.74) is 0.782. The van der Waals surface area contributed by atoms with Gasteiger partial charge in [0.2, 0.25) is 11.8 Å². The topological polar surface area (TPSA) is 71.8 Å². The van der Waals surface area contributed by atoms with Crippen LogP contribution in [0.2, 0.25) is 0 Å². The maximum absolute atomic E-state index is 12.5. The van der Waals surface area contributed by atoms with Crippen molar-refractivity contribution in [3.8, 4) is 5.75 Å². The van der Waals surface area contributed by atoms with Gasteiger partial charge in [-0.2, -0.15) is 0 Å². The summed E-state index contributed by atoms with van der Waals surface area (Å²) in [7, 11) is 1.60. The van der Waals surface area contributed by atoms with Gasteiger partial charge in [0.25, 0.3) is 0 Å². The smallest absolute Gasteiger partial charge is 0.227 e. The minimum Gasteiger partial charge on any atom is -0.497 e. The predicted molar refractivity (Wildman–Crippen MR) is 93.5 cm³/mol. The van der Waals surface area contributed by atoms with Gasteiger partial charge in [0.05, 0.1) is 19.3 Å². The van der Waals surface area contributed by atoms with Crippen molar-refractivity contribution in [3.63, 3.8) is 0 Å². The molecule has 2 atom stereocenters. The SMILES string of the molecule is COc1ccc(N2CC(C(=O)NC(C)Cc3ccco3)CC2=O)cc1. The van der Waals surface area contributed by atoms with E-state index in [9.17, 15) is 9.59 Å². The lowest BCUT2D eigenvalue weighted by Gasteiger charge is -2.18. The summed E-state index contributed by atoms with van der Waals surface area (Å²) in [6.45, 7) is 2.32. The zero-order chi connectivity index (χ0) is 17.8. The van der Waals surface area contributed by atoms with Gasteiger partial charge in [-0.25, -0.2) is 0 Å². The number of benzene rings is 1. The number of rotatable bonds is 6. The molecule has 6 nitrogen and oxygen atoms in total. The second-order valence-electron chi connectivity index (χ2n) is 6.30. The van der Waals surface area contributed by atoms with Gasteiger partial charge in [-0.1, -0.05) is 0 Å². The molecule has 1 aromatic heterocycles. The van der Waals surface area contributed by atoms with Gasteiger partial charge in [0.1, 0.15) is 11.5 Å². The summed E-state index contributed by atoms with van der Waals surface area (Å²) < 4.78 is 10.4. The summed E-state index contributed by atoms with van der Waals surface area (Å²) in [5.74, 6) is 1.09. The van der Waals surface area contributed by atoms with E-state index in [1.165, 1.54) is 0 Å². The van der Waals surface area contributed by atoms with Crippen LogP contribution in [0.1, 0.15) is 19.1 Å². The lowest BCUT2D eigenvalue weighted by atomic mass is 10.1. The first-order valence-corrected chi connectivity index (χ1v) is 8.34. The highest BCUT2D eigenvalue weighted by Crippen LogP contribution is 2.27. The van der Waals surface area contributed by atoms with Crippen LogP contribution in [0.25, 0.3) is 0 Å². The van der Waals surface area contributed by atoms with Gasteiger partial charge in [0, 0.05) is 31.1 Å². The molecule has 1 aliphatic heterocycles. The number of anilines is 1. The van der Waals surface area contributed by atoms with Crippen LogP contribution in [0.4, 0.5) is 5.69 Å². The van der Waals surface area contributed by atoms with E-state index in [1.807, 2.05) is 31.2 Å². The van der Waals surface area contributed by atoms with E-state index in [1.54, 1.807) is 30.4 Å². The molecule has 0 saturated carbocycles. The lowest BCUT2D eigenvalue weighted by Crippen LogP contribution is -2.39. The molecule has 1 fully saturated rings. The van der Waals surface area contributed by atoms with E-state index in [0.717, 1.165) is 17.2 Å². The molecule has 6 heteroatoms. The molecule has 2 heterocycles. The Hall–Kier alpha value is -2.76. The Morgan fingerprint density at radius 2 is 2.12 bits per heavy atom. The Labute approximate surface area is 146 Å². The summed E-state index contributed by atoms with van der Waals surface area (Å²) in [5, 5.41) is 2.97. The Balaban J connectivity index is 1.58. The molecule has 3 rings (SSSR count). The van der Waals surface area contributed by atoms with E-state index in [4.69, 9.17) is 9.15 Å². The summed E-state index contributed by atoms with van der Waals surface area (Å²) in [4.78, 5) is 26.4. The van der Waals surface area contributed by atoms with E-state index in [-0.39, 0.29) is 30.2 Å². The van der Waals surface area contributed by atoms with Crippen molar-refractivity contribution in [2.75, 3.05) is 18.6 Å². The number of nitrogens with zero attached hydrogens (tertiary/aromatic N) is 1. The van der Waals surface area contributed by atoms with Crippen molar-refractivity contribution in [1.82, 2.24) is 5.32 Å². The molecule has 2 unspecified atom stereocenters. The fourth-order valence-corrected chi connectivity index (χ4v) is 3.04. The molecule has 0 bridgehead atoms. The van der Waals surface area contributed by atoms with Gasteiger partial charge in [-0.3, -0.25) is 9.59 Å². The van der Waals surface area contributed by atoms with Gasteiger partial charge in [-0.15, -0.1) is 0 Å². The average Bonchev–Trinajstić information content (AvgIpc) is 3.24. The number of carbonyl (C=O) groups excluding carboxylic acids is 2. The van der Waals surface area contributed by atoms with Crippen molar-refractivity contribution in [2.45, 2.75) is 25.8 Å². The predicted octanol–water partition coefficient (Wildman–Crippen LogP) is 2.39. The van der Waals surface area contributed by atoms with Crippen LogP contribution in [-0.4, -0.2) is 31.5 Å². The van der Waals surface area contributed by atoms with Crippen LogP contribution < -0.4 is 15.0 Å². The first kappa shape index (κ1) is 17.1. The van der Waals surface area contributed by atoms with E-state index < -0.39 is 0 Å². The Morgan fingerprint density at radius 1 is 1.36 bits per heavy atom. The van der Waals surface area contributed by atoms with Gasteiger partial charge in [0.15, 0.2) is 0 Å². The molecule has 1 N–H and O–H groups in total. The zero-order valence-corrected chi connectivity index (χ0v) is 14.4. The fraction of sp³-hybridized carbons (Fsp3) is 0.368. The fourth-order valence-electron chi connectivity index (χ4n) is 3.04. The minimum atomic E-state index is -0.339. The third-order valence-corrected chi connectivity index (χ3v) is 4.36. The second kappa shape index (κ2) is 7.42. The molecule has 1 aliphatic rings. The van der Waals surface area contributed by atoms with Crippen molar-refractivity contribution in [3.05, 3.63) is 48.4 Å². The number of hydrogen-bond donors (Lipinski definition) is 1. The van der Waals surface area contributed by atoms with Crippen LogP contribution in [-0.2, 0) is 16.0 Å². The minimum absolute atomic E-state index is 0.0380. The second-order valence-corrected chi connectivity index (χ2v) is 6.30. The monoisotopic (exact) mass is 342 g/mol. The molecule has 0 radical (unpaired) electrons. The number of carbonyl (C=O) groups is 2. The van der Waals surface area contributed by atoms with Gasteiger partial charge < -0.3 is 19.4 Å². The molecule has 1 saturated heterocycles. The van der Waals surface area contributed by atoms with E-state index >= 15 is 0 Å². The van der Waals surface area contributed by atoms with Crippen molar-refractivity contribution in [1.29, 1.82) is 0 Å². The van der Waals surface area contributed by atoms with E-state index in [0.29, 0.717) is 13.0 Å². The van der Waals surface area contributed by atoms with Crippen LogP contribution in [0.5, 0.6) is 5.75 Å². The zero-order valence-electron chi connectivity index (χ0n) is 14.4. The highest BCUT2D eigenvalue weighted by Gasteiger charge is 2.35. The Kier molecular flexibility index (Phi) is 5.07. The number of amides is 2. The maximum atomic E-state index is 12.5. The van der Waals surface area contributed by atoms with Crippen molar-refractivity contribution < 1.29 is 18.7 Å². The molecule has 132 valence electrons. The lowest BCUT2D eigenvalue weighted by molar-refractivity contribution is -0.126. The van der Waals surface area contributed by atoms with Gasteiger partial charge in [-0.05, 0) is 43.3 Å². The summed E-state index contributed by atoms with van der Waals surface area (Å²) in [6, 6.07) is 10.9. The van der Waals surface area contributed by atoms with Gasteiger partial charge >= 0.3 is 0 Å². The molecule has 1 aromatic carbocycles. The number of ether oxygens (including phenoxy) is 1. The highest BCUT2D eigenvalue weighted by molar-refractivity contribution is 6.00. The molecular formula is C19H22N2O4. The Bertz CT molecular complexity index is 724. The first-order chi connectivity index (χ1) is 12.1. The van der Waals surface area contributed by atoms with Crippen molar-refractivity contribution >= 4 is 17.5 Å². The van der Waals surface area contributed by atoms with Crippen molar-refractivity contribution in [2.24, 2.45) is 5.92 Å². The van der Waals surface area contributed by atoms with Crippen LogP contribution in [0, 0.1) is 5.92 Å². The Morgan fingerprint density at radius 3 is 2.76 bits per heavy atom. The van der Waals surface area contributed by atoms with Crippen LogP contribution >= 0.6 is 0 Å². The molecule has 0 aliphatic carbocycles. The first-order valence-electron chi connectivity index (χ1n) is 8.34. The quantitative estimate of drug-likeness (QED) is 0.875. The third kappa shape index (κ3) is 4.02. The molecule has 25 heavy (non-hydrogen) atoms. The normalized spacial score (nSPS) is 18.2. The molecule has 0 spiro atoms. The number of nitrogens with one attached hydrogen (secondary N) is 1. The van der Waals surface area contributed by atoms with Crippen LogP contribution in [0.15, 0.2) is 47.1 Å². The number of methoxy groups -OCH3 is 1. The largest absolute Gasteiger partial charge is 0.497 e. The average molecular weight is 342 g/mol. The molecule has 2 aromatic rings. The number of hydrogen-bond acceptors (Lipinski definition) is 4. The maximum Gasteiger partial charge on any atom is 0.227 e. The standard InChI is InChI=1S/C19H22N2O4/c1-13(10-17-4-3-9-25-17)20-19(23)14-11-18(22)21(12-14)15-5-7-16(24-2)8-6-15/h3-9,13-14H,10-12H2,1-2H3,(H,20,23). The summed E-state index contributed by atoms with van der Waals surface area (Å²) in [6.07, 6.45) is 2.47. The third-order valence-electron chi connectivity index (χ3n) is 4.36.